The molecule has 1 aliphatic rings. The highest BCUT2D eigenvalue weighted by atomic mass is 15.4. The van der Waals surface area contributed by atoms with E-state index >= 15 is 0 Å². The summed E-state index contributed by atoms with van der Waals surface area (Å²) in [5, 5.41) is 12.9. The van der Waals surface area contributed by atoms with Crippen LogP contribution in [0.3, 0.4) is 0 Å². The van der Waals surface area contributed by atoms with Crippen molar-refractivity contribution < 1.29 is 0 Å². The van der Waals surface area contributed by atoms with Crippen LogP contribution in [0.2, 0.25) is 0 Å². The number of hydrogen-bond acceptors (Lipinski definition) is 5. The second kappa shape index (κ2) is 5.53. The van der Waals surface area contributed by atoms with Gasteiger partial charge >= 0.3 is 0 Å². The van der Waals surface area contributed by atoms with Crippen molar-refractivity contribution in [1.82, 2.24) is 14.8 Å². The van der Waals surface area contributed by atoms with E-state index in [1.165, 1.54) is 25.7 Å². The van der Waals surface area contributed by atoms with E-state index in [1.54, 1.807) is 4.68 Å². The van der Waals surface area contributed by atoms with Crippen LogP contribution in [0.15, 0.2) is 0 Å². The first-order valence-corrected chi connectivity index (χ1v) is 6.13. The van der Waals surface area contributed by atoms with Crippen molar-refractivity contribution in [3.05, 3.63) is 0 Å². The van der Waals surface area contributed by atoms with Crippen molar-refractivity contribution in [3.8, 4) is 6.07 Å². The van der Waals surface area contributed by atoms with E-state index in [0.717, 1.165) is 13.1 Å². The molecule has 0 saturated carbocycles. The number of nitrogens with zero attached hydrogens (tertiary/aromatic N) is 5. The molecular formula is C11H18N6. The van der Waals surface area contributed by atoms with Crippen LogP contribution in [0.1, 0.15) is 32.1 Å². The van der Waals surface area contributed by atoms with Gasteiger partial charge in [0.2, 0.25) is 11.9 Å². The van der Waals surface area contributed by atoms with Gasteiger partial charge in [-0.05, 0) is 12.8 Å². The zero-order valence-corrected chi connectivity index (χ0v) is 9.97. The quantitative estimate of drug-likeness (QED) is 0.848. The van der Waals surface area contributed by atoms with Crippen LogP contribution in [0.25, 0.3) is 0 Å². The Labute approximate surface area is 101 Å². The van der Waals surface area contributed by atoms with Crippen molar-refractivity contribution in [3.63, 3.8) is 0 Å². The second-order valence-electron chi connectivity index (χ2n) is 4.30. The molecule has 6 heteroatoms. The van der Waals surface area contributed by atoms with E-state index in [9.17, 15) is 0 Å². The van der Waals surface area contributed by atoms with Gasteiger partial charge in [-0.2, -0.15) is 10.2 Å². The maximum atomic E-state index is 8.55. The predicted molar refractivity (Wildman–Crippen MR) is 65.3 cm³/mol. The Morgan fingerprint density at radius 1 is 1.24 bits per heavy atom. The highest BCUT2D eigenvalue weighted by Gasteiger charge is 2.15. The zero-order chi connectivity index (χ0) is 12.1. The molecule has 0 unspecified atom stereocenters. The molecule has 1 fully saturated rings. The van der Waals surface area contributed by atoms with Gasteiger partial charge in [-0.25, -0.2) is 4.68 Å². The molecule has 0 bridgehead atoms. The number of nitriles is 1. The summed E-state index contributed by atoms with van der Waals surface area (Å²) in [4.78, 5) is 6.46. The Morgan fingerprint density at radius 2 is 1.94 bits per heavy atom. The number of aryl methyl sites for hydroxylation is 1. The van der Waals surface area contributed by atoms with Crippen molar-refractivity contribution in [2.45, 2.75) is 38.6 Å². The first-order chi connectivity index (χ1) is 8.31. The third-order valence-corrected chi connectivity index (χ3v) is 3.01. The summed E-state index contributed by atoms with van der Waals surface area (Å²) in [5.41, 5.74) is 5.78. The largest absolute Gasteiger partial charge is 0.368 e. The average molecular weight is 234 g/mol. The number of anilines is 2. The van der Waals surface area contributed by atoms with Gasteiger partial charge in [-0.15, -0.1) is 5.10 Å². The van der Waals surface area contributed by atoms with Crippen LogP contribution in [0.4, 0.5) is 11.9 Å². The molecule has 2 N–H and O–H groups in total. The lowest BCUT2D eigenvalue weighted by atomic mass is 10.2. The molecule has 0 spiro atoms. The maximum Gasteiger partial charge on any atom is 0.246 e. The van der Waals surface area contributed by atoms with Crippen LogP contribution in [-0.2, 0) is 6.54 Å². The number of nitrogens with two attached hydrogens (primary N) is 1. The van der Waals surface area contributed by atoms with E-state index in [0.29, 0.717) is 24.9 Å². The molecule has 17 heavy (non-hydrogen) atoms. The molecule has 2 rings (SSSR count). The standard InChI is InChI=1S/C11H18N6/c12-6-5-9-17-10(13)14-11(15-17)16-7-3-1-2-4-8-16/h1-5,7-9H2,(H2,13,14,15). The molecular weight excluding hydrogens is 216 g/mol. The summed E-state index contributed by atoms with van der Waals surface area (Å²) in [7, 11) is 0. The lowest BCUT2D eigenvalue weighted by molar-refractivity contribution is 0.629. The van der Waals surface area contributed by atoms with Crippen LogP contribution in [0, 0.1) is 11.3 Å². The van der Waals surface area contributed by atoms with Gasteiger partial charge in [0.15, 0.2) is 0 Å². The highest BCUT2D eigenvalue weighted by Crippen LogP contribution is 2.17. The highest BCUT2D eigenvalue weighted by molar-refractivity contribution is 5.35. The summed E-state index contributed by atoms with van der Waals surface area (Å²) in [5.74, 6) is 1.11. The minimum Gasteiger partial charge on any atom is -0.368 e. The lowest BCUT2D eigenvalue weighted by Crippen LogP contribution is -2.25. The predicted octanol–water partition coefficient (Wildman–Crippen LogP) is 1.15. The van der Waals surface area contributed by atoms with Crippen molar-refractivity contribution in [2.75, 3.05) is 23.7 Å². The summed E-state index contributed by atoms with van der Waals surface area (Å²) >= 11 is 0. The molecule has 0 amide bonds. The van der Waals surface area contributed by atoms with Gasteiger partial charge in [0.05, 0.1) is 19.0 Å². The number of rotatable bonds is 3. The van der Waals surface area contributed by atoms with E-state index in [4.69, 9.17) is 11.0 Å². The second-order valence-corrected chi connectivity index (χ2v) is 4.30. The fourth-order valence-electron chi connectivity index (χ4n) is 2.07. The van der Waals surface area contributed by atoms with Crippen molar-refractivity contribution in [1.29, 1.82) is 5.26 Å². The molecule has 92 valence electrons. The topological polar surface area (TPSA) is 83.8 Å². The number of nitrogen functional groups attached to an aromatic ring is 1. The Morgan fingerprint density at radius 3 is 2.59 bits per heavy atom. The molecule has 1 aromatic heterocycles. The number of hydrogen-bond donors (Lipinski definition) is 1. The van der Waals surface area contributed by atoms with Gasteiger partial charge in [0.1, 0.15) is 0 Å². The van der Waals surface area contributed by atoms with Crippen LogP contribution < -0.4 is 10.6 Å². The molecule has 1 aromatic rings. The molecule has 2 heterocycles. The molecule has 0 aromatic carbocycles. The smallest absolute Gasteiger partial charge is 0.246 e. The Kier molecular flexibility index (Phi) is 3.81. The minimum absolute atomic E-state index is 0.402. The fourth-order valence-corrected chi connectivity index (χ4v) is 2.07. The van der Waals surface area contributed by atoms with E-state index in [2.05, 4.69) is 21.1 Å². The zero-order valence-electron chi connectivity index (χ0n) is 9.97. The third kappa shape index (κ3) is 2.87. The summed E-state index contributed by atoms with van der Waals surface area (Å²) in [6, 6.07) is 2.08. The monoisotopic (exact) mass is 234 g/mol. The van der Waals surface area contributed by atoms with Gasteiger partial charge < -0.3 is 10.6 Å². The van der Waals surface area contributed by atoms with Gasteiger partial charge in [-0.3, -0.25) is 0 Å². The molecule has 1 aliphatic heterocycles. The van der Waals surface area contributed by atoms with E-state index in [-0.39, 0.29) is 0 Å². The number of aromatic nitrogens is 3. The van der Waals surface area contributed by atoms with E-state index < -0.39 is 0 Å². The Balaban J connectivity index is 2.07. The lowest BCUT2D eigenvalue weighted by Gasteiger charge is -2.17. The Hall–Kier alpha value is -1.77. The third-order valence-electron chi connectivity index (χ3n) is 3.01. The van der Waals surface area contributed by atoms with Crippen molar-refractivity contribution in [2.24, 2.45) is 0 Å². The van der Waals surface area contributed by atoms with Crippen molar-refractivity contribution >= 4 is 11.9 Å². The van der Waals surface area contributed by atoms with Crippen LogP contribution >= 0.6 is 0 Å². The van der Waals surface area contributed by atoms with Gasteiger partial charge in [-0.1, -0.05) is 12.8 Å². The van der Waals surface area contributed by atoms with Gasteiger partial charge in [0, 0.05) is 13.1 Å². The maximum absolute atomic E-state index is 8.55. The summed E-state index contributed by atoms with van der Waals surface area (Å²) < 4.78 is 1.61. The van der Waals surface area contributed by atoms with Crippen LogP contribution in [0.5, 0.6) is 0 Å². The minimum atomic E-state index is 0.402. The molecule has 0 atom stereocenters. The summed E-state index contributed by atoms with van der Waals surface area (Å²) in [6.45, 7) is 2.52. The molecule has 0 aliphatic carbocycles. The normalized spacial score (nSPS) is 16.5. The van der Waals surface area contributed by atoms with Crippen LogP contribution in [-0.4, -0.2) is 27.9 Å². The van der Waals surface area contributed by atoms with E-state index in [1.807, 2.05) is 0 Å². The SMILES string of the molecule is N#CCCn1nc(N2CCCCCC2)nc1N. The van der Waals surface area contributed by atoms with Gasteiger partial charge in [0.25, 0.3) is 0 Å². The molecule has 0 radical (unpaired) electrons. The average Bonchev–Trinajstić information content (AvgIpc) is 2.57. The first kappa shape index (κ1) is 11.7. The molecule has 6 nitrogen and oxygen atoms in total. The Bertz CT molecular complexity index is 397. The first-order valence-electron chi connectivity index (χ1n) is 6.13. The fraction of sp³-hybridized carbons (Fsp3) is 0.727. The molecule has 1 saturated heterocycles. The summed E-state index contributed by atoms with van der Waals surface area (Å²) in [6.07, 6.45) is 5.34.